The number of hydrogen-bond donors (Lipinski definition) is 0. The van der Waals surface area contributed by atoms with Crippen molar-refractivity contribution < 1.29 is 13.0 Å². The van der Waals surface area contributed by atoms with Gasteiger partial charge in [0.25, 0.3) is 0 Å². The van der Waals surface area contributed by atoms with Crippen molar-refractivity contribution in [3.63, 3.8) is 0 Å². The highest BCUT2D eigenvalue weighted by molar-refractivity contribution is 7.86. The van der Waals surface area contributed by atoms with Crippen LogP contribution in [0.3, 0.4) is 0 Å². The van der Waals surface area contributed by atoms with Gasteiger partial charge >= 0.3 is 0 Å². The van der Waals surface area contributed by atoms with Crippen molar-refractivity contribution in [2.24, 2.45) is 0 Å². The average Bonchev–Trinajstić information content (AvgIpc) is 2.34. The second-order valence-corrected chi connectivity index (χ2v) is 7.01. The first kappa shape index (κ1) is 15.0. The molecule has 108 valence electrons. The monoisotopic (exact) mass is 291 g/mol. The standard InChI is InChI=1S/C16H20O3S/c1-10(2)14-9-15(11(3)4)16(20(17,18)19)13-8-6-5-7-12(13)14/h5-11H,1-4H3,(H,17,18,19)/p-1. The lowest BCUT2D eigenvalue weighted by atomic mass is 9.90. The van der Waals surface area contributed by atoms with E-state index in [0.29, 0.717) is 10.9 Å². The van der Waals surface area contributed by atoms with Crippen LogP contribution in [0.2, 0.25) is 0 Å². The van der Waals surface area contributed by atoms with Crippen LogP contribution >= 0.6 is 0 Å². The predicted octanol–water partition coefficient (Wildman–Crippen LogP) is 3.99. The Balaban J connectivity index is 3.04. The molecule has 0 bridgehead atoms. The highest BCUT2D eigenvalue weighted by atomic mass is 32.2. The van der Waals surface area contributed by atoms with E-state index in [1.165, 1.54) is 0 Å². The summed E-state index contributed by atoms with van der Waals surface area (Å²) in [6.45, 7) is 7.94. The van der Waals surface area contributed by atoms with Crippen molar-refractivity contribution in [2.75, 3.05) is 0 Å². The zero-order valence-electron chi connectivity index (χ0n) is 12.2. The van der Waals surface area contributed by atoms with Crippen molar-refractivity contribution >= 4 is 20.9 Å². The maximum atomic E-state index is 11.7. The highest BCUT2D eigenvalue weighted by Crippen LogP contribution is 2.36. The molecule has 0 unspecified atom stereocenters. The summed E-state index contributed by atoms with van der Waals surface area (Å²) in [5.41, 5.74) is 1.69. The van der Waals surface area contributed by atoms with Gasteiger partial charge in [-0.15, -0.1) is 0 Å². The summed E-state index contributed by atoms with van der Waals surface area (Å²) in [5.74, 6) is 0.247. The molecule has 2 aromatic rings. The Kier molecular flexibility index (Phi) is 3.89. The highest BCUT2D eigenvalue weighted by Gasteiger charge is 2.19. The summed E-state index contributed by atoms with van der Waals surface area (Å²) in [6.07, 6.45) is 0. The van der Waals surface area contributed by atoms with Crippen LogP contribution in [0.5, 0.6) is 0 Å². The van der Waals surface area contributed by atoms with Crippen molar-refractivity contribution in [3.8, 4) is 0 Å². The first-order chi connectivity index (χ1) is 9.23. The van der Waals surface area contributed by atoms with Crippen LogP contribution in [0.1, 0.15) is 50.7 Å². The normalized spacial score (nSPS) is 12.6. The first-order valence-corrected chi connectivity index (χ1v) is 8.15. The SMILES string of the molecule is CC(C)c1cc(C(C)C)c2ccccc2c1S(=O)(=O)[O-]. The molecular weight excluding hydrogens is 272 g/mol. The third kappa shape index (κ3) is 2.58. The number of benzene rings is 2. The lowest BCUT2D eigenvalue weighted by Crippen LogP contribution is -2.08. The van der Waals surface area contributed by atoms with Crippen molar-refractivity contribution in [2.45, 2.75) is 44.4 Å². The van der Waals surface area contributed by atoms with Crippen LogP contribution in [0, 0.1) is 0 Å². The van der Waals surface area contributed by atoms with Gasteiger partial charge in [-0.3, -0.25) is 0 Å². The van der Waals surface area contributed by atoms with Gasteiger partial charge in [-0.2, -0.15) is 0 Å². The molecular formula is C16H19O3S-. The van der Waals surface area contributed by atoms with Gasteiger partial charge in [0.2, 0.25) is 0 Å². The van der Waals surface area contributed by atoms with Crippen molar-refractivity contribution in [1.82, 2.24) is 0 Å². The molecule has 0 spiro atoms. The van der Waals surface area contributed by atoms with Gasteiger partial charge in [0, 0.05) is 0 Å². The van der Waals surface area contributed by atoms with E-state index in [0.717, 1.165) is 10.9 Å². The Hall–Kier alpha value is -1.39. The maximum absolute atomic E-state index is 11.7. The lowest BCUT2D eigenvalue weighted by Gasteiger charge is -2.22. The molecule has 0 amide bonds. The van der Waals surface area contributed by atoms with Crippen LogP contribution in [-0.4, -0.2) is 13.0 Å². The van der Waals surface area contributed by atoms with E-state index in [2.05, 4.69) is 13.8 Å². The minimum Gasteiger partial charge on any atom is -0.744 e. The Morgan fingerprint density at radius 1 is 0.900 bits per heavy atom. The summed E-state index contributed by atoms with van der Waals surface area (Å²) in [6, 6.07) is 9.11. The summed E-state index contributed by atoms with van der Waals surface area (Å²) >= 11 is 0. The van der Waals surface area contributed by atoms with E-state index < -0.39 is 10.1 Å². The third-order valence-electron chi connectivity index (χ3n) is 3.55. The summed E-state index contributed by atoms with van der Waals surface area (Å²) < 4.78 is 35.1. The fraction of sp³-hybridized carbons (Fsp3) is 0.375. The topological polar surface area (TPSA) is 57.2 Å². The molecule has 4 heteroatoms. The van der Waals surface area contributed by atoms with Gasteiger partial charge in [-0.25, -0.2) is 8.42 Å². The number of rotatable bonds is 3. The molecule has 0 saturated heterocycles. The summed E-state index contributed by atoms with van der Waals surface area (Å²) in [7, 11) is -4.50. The Bertz CT molecular complexity index is 744. The second-order valence-electron chi connectivity index (χ2n) is 5.69. The largest absolute Gasteiger partial charge is 0.744 e. The van der Waals surface area contributed by atoms with E-state index >= 15 is 0 Å². The van der Waals surface area contributed by atoms with Crippen LogP contribution in [-0.2, 0) is 10.1 Å². The molecule has 2 rings (SSSR count). The van der Waals surface area contributed by atoms with Gasteiger partial charge in [0.15, 0.2) is 0 Å². The number of fused-ring (bicyclic) bond motifs is 1. The van der Waals surface area contributed by atoms with E-state index in [4.69, 9.17) is 0 Å². The van der Waals surface area contributed by atoms with Crippen LogP contribution in [0.15, 0.2) is 35.2 Å². The van der Waals surface area contributed by atoms with Crippen molar-refractivity contribution in [1.29, 1.82) is 0 Å². The van der Waals surface area contributed by atoms with E-state index in [9.17, 15) is 13.0 Å². The molecule has 0 aliphatic heterocycles. The lowest BCUT2D eigenvalue weighted by molar-refractivity contribution is 0.462. The van der Waals surface area contributed by atoms with Crippen molar-refractivity contribution in [3.05, 3.63) is 41.5 Å². The van der Waals surface area contributed by atoms with Gasteiger partial charge in [-0.1, -0.05) is 58.0 Å². The third-order valence-corrected chi connectivity index (χ3v) is 4.51. The zero-order valence-corrected chi connectivity index (χ0v) is 13.0. The molecule has 2 aromatic carbocycles. The van der Waals surface area contributed by atoms with Crippen LogP contribution < -0.4 is 0 Å². The van der Waals surface area contributed by atoms with E-state index in [1.54, 1.807) is 12.1 Å². The fourth-order valence-corrected chi connectivity index (χ4v) is 3.62. The molecule has 0 aliphatic rings. The first-order valence-electron chi connectivity index (χ1n) is 6.75. The van der Waals surface area contributed by atoms with Gasteiger partial charge in [0.05, 0.1) is 4.90 Å². The minimum atomic E-state index is -4.50. The maximum Gasteiger partial charge on any atom is 0.125 e. The Labute approximate surface area is 120 Å². The van der Waals surface area contributed by atoms with Gasteiger partial charge in [-0.05, 0) is 33.7 Å². The molecule has 0 heterocycles. The molecule has 0 fully saturated rings. The second kappa shape index (κ2) is 5.19. The summed E-state index contributed by atoms with van der Waals surface area (Å²) in [4.78, 5) is -0.0625. The smallest absolute Gasteiger partial charge is 0.125 e. The zero-order chi connectivity index (χ0) is 15.1. The fourth-order valence-electron chi connectivity index (χ4n) is 2.58. The van der Waals surface area contributed by atoms with Gasteiger partial charge in [0.1, 0.15) is 10.1 Å². The molecule has 0 N–H and O–H groups in total. The van der Waals surface area contributed by atoms with E-state index in [1.807, 2.05) is 32.0 Å². The molecule has 0 aromatic heterocycles. The number of hydrogen-bond acceptors (Lipinski definition) is 3. The predicted molar refractivity (Wildman–Crippen MR) is 80.1 cm³/mol. The molecule has 0 atom stereocenters. The Morgan fingerprint density at radius 3 is 1.85 bits per heavy atom. The van der Waals surface area contributed by atoms with E-state index in [-0.39, 0.29) is 16.7 Å². The van der Waals surface area contributed by atoms with Crippen LogP contribution in [0.4, 0.5) is 0 Å². The molecule has 0 aliphatic carbocycles. The molecule has 20 heavy (non-hydrogen) atoms. The molecule has 0 radical (unpaired) electrons. The Morgan fingerprint density at radius 2 is 1.40 bits per heavy atom. The minimum absolute atomic E-state index is 0.0177. The van der Waals surface area contributed by atoms with Crippen LogP contribution in [0.25, 0.3) is 10.8 Å². The quantitative estimate of drug-likeness (QED) is 0.803. The molecule has 3 nitrogen and oxygen atoms in total. The van der Waals surface area contributed by atoms with Gasteiger partial charge < -0.3 is 4.55 Å². The average molecular weight is 291 g/mol. The molecule has 0 saturated carbocycles. The summed E-state index contributed by atoms with van der Waals surface area (Å²) in [5, 5.41) is 1.39.